The summed E-state index contributed by atoms with van der Waals surface area (Å²) < 4.78 is 28.4. The summed E-state index contributed by atoms with van der Waals surface area (Å²) >= 11 is 0. The molecule has 0 spiro atoms. The minimum absolute atomic E-state index is 0.0712. The van der Waals surface area contributed by atoms with E-state index in [-0.39, 0.29) is 16.6 Å². The highest BCUT2D eigenvalue weighted by atomic mass is 32.2. The molecule has 1 heterocycles. The van der Waals surface area contributed by atoms with E-state index in [1.165, 1.54) is 10.8 Å². The van der Waals surface area contributed by atoms with Crippen LogP contribution in [0, 0.1) is 12.3 Å². The Kier molecular flexibility index (Phi) is 5.58. The molecule has 0 aromatic carbocycles. The van der Waals surface area contributed by atoms with E-state index in [4.69, 9.17) is 11.5 Å². The van der Waals surface area contributed by atoms with Crippen LogP contribution in [0.4, 0.5) is 0 Å². The first-order valence-corrected chi connectivity index (χ1v) is 8.14. The minimum atomic E-state index is -3.84. The quantitative estimate of drug-likeness (QED) is 0.752. The average molecular weight is 312 g/mol. The second-order valence-corrected chi connectivity index (χ2v) is 6.71. The predicted octanol–water partition coefficient (Wildman–Crippen LogP) is 1.85. The van der Waals surface area contributed by atoms with E-state index < -0.39 is 22.0 Å². The molecule has 116 valence electrons. The predicted molar refractivity (Wildman–Crippen MR) is 79.6 cm³/mol. The number of carboxylic acid groups (broad SMARTS) is 1. The Morgan fingerprint density at radius 1 is 1.52 bits per heavy atom. The highest BCUT2D eigenvalue weighted by molar-refractivity contribution is 7.89. The number of hydrogen-bond acceptors (Lipinski definition) is 3. The Hall–Kier alpha value is -1.78. The van der Waals surface area contributed by atoms with Gasteiger partial charge in [-0.2, -0.15) is 4.72 Å². The largest absolute Gasteiger partial charge is 0.477 e. The van der Waals surface area contributed by atoms with E-state index in [1.807, 2.05) is 6.92 Å². The van der Waals surface area contributed by atoms with Crippen molar-refractivity contribution in [2.45, 2.75) is 50.6 Å². The Morgan fingerprint density at radius 2 is 2.14 bits per heavy atom. The maximum absolute atomic E-state index is 12.3. The van der Waals surface area contributed by atoms with E-state index in [2.05, 4.69) is 10.6 Å². The Labute approximate surface area is 125 Å². The van der Waals surface area contributed by atoms with E-state index in [0.717, 1.165) is 12.5 Å². The second kappa shape index (κ2) is 6.78. The lowest BCUT2D eigenvalue weighted by atomic mass is 10.2. The number of nitrogens with one attached hydrogen (secondary N) is 1. The van der Waals surface area contributed by atoms with Crippen molar-refractivity contribution in [3.05, 3.63) is 18.0 Å². The van der Waals surface area contributed by atoms with E-state index in [9.17, 15) is 13.2 Å². The van der Waals surface area contributed by atoms with Gasteiger partial charge in [0.05, 0.1) is 6.04 Å². The van der Waals surface area contributed by atoms with Gasteiger partial charge in [-0.15, -0.1) is 6.42 Å². The lowest BCUT2D eigenvalue weighted by Gasteiger charge is -2.12. The SMILES string of the molecule is C#CC(CCC)NS(=O)(=O)c1cc(C(=O)O)n(C(C)C)c1. The van der Waals surface area contributed by atoms with Gasteiger partial charge in [-0.25, -0.2) is 13.2 Å². The molecule has 0 aliphatic rings. The van der Waals surface area contributed by atoms with E-state index in [1.54, 1.807) is 13.8 Å². The highest BCUT2D eigenvalue weighted by Crippen LogP contribution is 2.19. The van der Waals surface area contributed by atoms with Crippen LogP contribution in [0.2, 0.25) is 0 Å². The van der Waals surface area contributed by atoms with Crippen LogP contribution in [-0.4, -0.2) is 30.1 Å². The third-order valence-corrected chi connectivity index (χ3v) is 4.42. The molecule has 0 bridgehead atoms. The van der Waals surface area contributed by atoms with Crippen LogP contribution in [0.25, 0.3) is 0 Å². The Balaban J connectivity index is 3.18. The van der Waals surface area contributed by atoms with Gasteiger partial charge < -0.3 is 9.67 Å². The Morgan fingerprint density at radius 3 is 2.52 bits per heavy atom. The number of aromatic nitrogens is 1. The van der Waals surface area contributed by atoms with Crippen molar-refractivity contribution >= 4 is 16.0 Å². The van der Waals surface area contributed by atoms with Crippen molar-refractivity contribution in [1.29, 1.82) is 0 Å². The molecule has 1 unspecified atom stereocenters. The van der Waals surface area contributed by atoms with Crippen molar-refractivity contribution in [3.63, 3.8) is 0 Å². The monoisotopic (exact) mass is 312 g/mol. The van der Waals surface area contributed by atoms with Gasteiger partial charge in [0, 0.05) is 12.2 Å². The molecule has 0 fully saturated rings. The first kappa shape index (κ1) is 17.3. The number of rotatable bonds is 7. The summed E-state index contributed by atoms with van der Waals surface area (Å²) in [5, 5.41) is 9.14. The van der Waals surface area contributed by atoms with Gasteiger partial charge in [-0.1, -0.05) is 19.3 Å². The molecule has 1 atom stereocenters. The number of sulfonamides is 1. The number of terminal acetylenes is 1. The molecule has 0 radical (unpaired) electrons. The molecule has 1 aromatic heterocycles. The fourth-order valence-corrected chi connectivity index (χ4v) is 3.14. The van der Waals surface area contributed by atoms with Crippen LogP contribution in [-0.2, 0) is 10.0 Å². The van der Waals surface area contributed by atoms with Crippen LogP contribution in [0.15, 0.2) is 17.2 Å². The third-order valence-electron chi connectivity index (χ3n) is 2.99. The summed E-state index contributed by atoms with van der Waals surface area (Å²) in [5.41, 5.74) is -0.0712. The number of aromatic carboxylic acids is 1. The van der Waals surface area contributed by atoms with Crippen molar-refractivity contribution in [2.75, 3.05) is 0 Å². The summed E-state index contributed by atoms with van der Waals surface area (Å²) in [6.45, 7) is 5.45. The lowest BCUT2D eigenvalue weighted by Crippen LogP contribution is -2.33. The second-order valence-electron chi connectivity index (χ2n) is 5.00. The summed E-state index contributed by atoms with van der Waals surface area (Å²) in [4.78, 5) is 11.1. The zero-order valence-electron chi connectivity index (χ0n) is 12.3. The summed E-state index contributed by atoms with van der Waals surface area (Å²) in [6.07, 6.45) is 7.88. The van der Waals surface area contributed by atoms with Gasteiger partial charge in [0.25, 0.3) is 0 Å². The maximum atomic E-state index is 12.3. The van der Waals surface area contributed by atoms with E-state index in [0.29, 0.717) is 6.42 Å². The zero-order valence-corrected chi connectivity index (χ0v) is 13.1. The third kappa shape index (κ3) is 4.09. The van der Waals surface area contributed by atoms with E-state index >= 15 is 0 Å². The van der Waals surface area contributed by atoms with Gasteiger partial charge >= 0.3 is 5.97 Å². The molecule has 21 heavy (non-hydrogen) atoms. The number of nitrogens with zero attached hydrogens (tertiary/aromatic N) is 1. The molecule has 0 amide bonds. The number of carbonyl (C=O) groups is 1. The Bertz CT molecular complexity index is 653. The van der Waals surface area contributed by atoms with Crippen LogP contribution >= 0.6 is 0 Å². The molecule has 0 saturated heterocycles. The highest BCUT2D eigenvalue weighted by Gasteiger charge is 2.24. The van der Waals surface area contributed by atoms with Crippen LogP contribution in [0.5, 0.6) is 0 Å². The normalized spacial score (nSPS) is 13.1. The van der Waals surface area contributed by atoms with Crippen LogP contribution in [0.1, 0.15) is 50.1 Å². The molecule has 2 N–H and O–H groups in total. The fraction of sp³-hybridized carbons (Fsp3) is 0.500. The van der Waals surface area contributed by atoms with Crippen molar-refractivity contribution in [2.24, 2.45) is 0 Å². The van der Waals surface area contributed by atoms with Gasteiger partial charge in [0.2, 0.25) is 10.0 Å². The van der Waals surface area contributed by atoms with Crippen molar-refractivity contribution in [1.82, 2.24) is 9.29 Å². The number of hydrogen-bond donors (Lipinski definition) is 2. The average Bonchev–Trinajstić information content (AvgIpc) is 2.84. The number of carboxylic acids is 1. The lowest BCUT2D eigenvalue weighted by molar-refractivity contribution is 0.0683. The zero-order chi connectivity index (χ0) is 16.2. The first-order valence-electron chi connectivity index (χ1n) is 6.66. The van der Waals surface area contributed by atoms with Crippen molar-refractivity contribution < 1.29 is 18.3 Å². The molecular formula is C14H20N2O4S. The van der Waals surface area contributed by atoms with Gasteiger partial charge in [0.15, 0.2) is 0 Å². The fourth-order valence-electron chi connectivity index (χ4n) is 1.92. The molecular weight excluding hydrogens is 292 g/mol. The smallest absolute Gasteiger partial charge is 0.352 e. The van der Waals surface area contributed by atoms with Gasteiger partial charge in [-0.05, 0) is 26.3 Å². The molecule has 0 aliphatic carbocycles. The summed E-state index contributed by atoms with van der Waals surface area (Å²) in [7, 11) is -3.84. The molecule has 0 saturated carbocycles. The van der Waals surface area contributed by atoms with Crippen LogP contribution in [0.3, 0.4) is 0 Å². The summed E-state index contributed by atoms with van der Waals surface area (Å²) in [5.74, 6) is 1.21. The van der Waals surface area contributed by atoms with Gasteiger partial charge in [0.1, 0.15) is 10.6 Å². The molecule has 7 heteroatoms. The topological polar surface area (TPSA) is 88.4 Å². The van der Waals surface area contributed by atoms with Crippen LogP contribution < -0.4 is 4.72 Å². The molecule has 1 aromatic rings. The molecule has 1 rings (SSSR count). The minimum Gasteiger partial charge on any atom is -0.477 e. The van der Waals surface area contributed by atoms with Crippen molar-refractivity contribution in [3.8, 4) is 12.3 Å². The maximum Gasteiger partial charge on any atom is 0.352 e. The summed E-state index contributed by atoms with van der Waals surface area (Å²) in [6, 6.07) is 0.374. The molecule has 6 nitrogen and oxygen atoms in total. The first-order chi connectivity index (χ1) is 9.72. The molecule has 0 aliphatic heterocycles. The van der Waals surface area contributed by atoms with Gasteiger partial charge in [-0.3, -0.25) is 0 Å². The standard InChI is InChI=1S/C14H20N2O4S/c1-5-7-11(6-2)15-21(19,20)12-8-13(14(17)18)16(9-12)10(3)4/h2,8-11,15H,5,7H2,1,3-4H3,(H,17,18).